The van der Waals surface area contributed by atoms with Crippen LogP contribution in [0.2, 0.25) is 0 Å². The summed E-state index contributed by atoms with van der Waals surface area (Å²) in [7, 11) is -3.38. The lowest BCUT2D eigenvalue weighted by atomic mass is 9.85. The van der Waals surface area contributed by atoms with E-state index in [0.717, 1.165) is 21.7 Å². The number of nitrogens with zero attached hydrogens (tertiary/aromatic N) is 6. The second kappa shape index (κ2) is 22.4. The van der Waals surface area contributed by atoms with Gasteiger partial charge in [0.1, 0.15) is 41.3 Å². The van der Waals surface area contributed by atoms with Crippen molar-refractivity contribution >= 4 is 61.5 Å². The van der Waals surface area contributed by atoms with E-state index < -0.39 is 57.2 Å². The van der Waals surface area contributed by atoms with E-state index in [0.29, 0.717) is 59.2 Å². The number of carbonyl (C=O) groups excluding carboxylic acids is 3. The van der Waals surface area contributed by atoms with Crippen LogP contribution in [0, 0.1) is 35.9 Å². The lowest BCUT2D eigenvalue weighted by molar-refractivity contribution is -0.144. The molecule has 0 saturated carbocycles. The van der Waals surface area contributed by atoms with Crippen molar-refractivity contribution in [2.45, 2.75) is 90.5 Å². The Morgan fingerprint density at radius 2 is 1.71 bits per heavy atom. The van der Waals surface area contributed by atoms with Crippen LogP contribution in [-0.4, -0.2) is 111 Å². The molecule has 6 aromatic rings. The van der Waals surface area contributed by atoms with Gasteiger partial charge in [-0.05, 0) is 86.1 Å². The first-order valence-corrected chi connectivity index (χ1v) is 26.7. The molecule has 0 unspecified atom stereocenters. The molecule has 2 fully saturated rings. The molecule has 3 amide bonds. The number of amides is 3. The third-order valence-corrected chi connectivity index (χ3v) is 15.3. The van der Waals surface area contributed by atoms with Crippen LogP contribution in [0.3, 0.4) is 0 Å². The molecule has 3 aromatic carbocycles. The van der Waals surface area contributed by atoms with Crippen LogP contribution in [0.1, 0.15) is 75.4 Å². The molecule has 4 atom stereocenters. The zero-order valence-corrected chi connectivity index (χ0v) is 43.9. The predicted octanol–water partition coefficient (Wildman–Crippen LogP) is 6.77. The number of alkyl halides is 2. The molecule has 6 N–H and O–H groups in total. The van der Waals surface area contributed by atoms with Crippen molar-refractivity contribution < 1.29 is 45.8 Å². The molecule has 75 heavy (non-hydrogen) atoms. The highest BCUT2D eigenvalue weighted by Crippen LogP contribution is 2.39. The second-order valence-corrected chi connectivity index (χ2v) is 22.5. The molecule has 3 aromatic heterocycles. The minimum atomic E-state index is -5.09. The number of aryl methyl sites for hydroxylation is 2. The van der Waals surface area contributed by atoms with Crippen LogP contribution in [0.15, 0.2) is 78.4 Å². The van der Waals surface area contributed by atoms with E-state index in [1.807, 2.05) is 61.6 Å². The third kappa shape index (κ3) is 12.6. The van der Waals surface area contributed by atoms with Gasteiger partial charge in [0, 0.05) is 44.2 Å². The van der Waals surface area contributed by atoms with E-state index in [1.165, 1.54) is 47.4 Å². The first-order chi connectivity index (χ1) is 35.6. The molecule has 2 aliphatic rings. The number of hydrogen-bond donors (Lipinski definition) is 5. The molecule has 5 heterocycles. The van der Waals surface area contributed by atoms with E-state index in [1.54, 1.807) is 41.7 Å². The largest absolute Gasteiger partial charge is 0.484 e. The molecule has 8 rings (SSSR count). The normalized spacial score (nSPS) is 17.3. The van der Waals surface area contributed by atoms with Gasteiger partial charge in [-0.1, -0.05) is 75.1 Å². The Balaban J connectivity index is 0.903. The Morgan fingerprint density at radius 3 is 2.36 bits per heavy atom. The number of anilines is 2. The molecule has 2 aliphatic heterocycles. The van der Waals surface area contributed by atoms with Crippen molar-refractivity contribution in [3.05, 3.63) is 107 Å². The van der Waals surface area contributed by atoms with E-state index in [9.17, 15) is 41.1 Å². The average Bonchev–Trinajstić information content (AvgIpc) is 4.10. The number of rotatable bonds is 15. The number of nitrogens with two attached hydrogens (primary N) is 1. The van der Waals surface area contributed by atoms with Gasteiger partial charge in [-0.15, -0.1) is 11.3 Å². The summed E-state index contributed by atoms with van der Waals surface area (Å²) in [6.45, 7) is 10.4. The number of nitrogen functional groups attached to an aromatic ring is 1. The van der Waals surface area contributed by atoms with Crippen molar-refractivity contribution in [2.75, 3.05) is 36.6 Å². The Bertz CT molecular complexity index is 3250. The molecular formula is C53H59F3N10O7S2. The molecule has 2 saturated heterocycles. The summed E-state index contributed by atoms with van der Waals surface area (Å²) in [5.41, 5.74) is 12.5. The van der Waals surface area contributed by atoms with Gasteiger partial charge in [-0.25, -0.2) is 22.8 Å². The van der Waals surface area contributed by atoms with Gasteiger partial charge in [-0.3, -0.25) is 28.7 Å². The predicted molar refractivity (Wildman–Crippen MR) is 280 cm³/mol. The SMILES string of the molecule is Cc1ncsc1-c1ccc(CNC(=O)[C@@H]2C[C@@H](O)CN2C(=O)[C@@H](NC(=O)CN2CCC(C#Cc3cnc(N)c4c(-c5ccc(NS(=O)(=O)C(F)F)c(O[C@@H](C)c6ccc(F)cc6)c5)nn(C)c34)CC2)C(C)(C)C)cc1. The van der Waals surface area contributed by atoms with Crippen molar-refractivity contribution in [1.29, 1.82) is 0 Å². The second-order valence-electron chi connectivity index (χ2n) is 19.9. The number of sulfonamides is 1. The van der Waals surface area contributed by atoms with Crippen LogP contribution >= 0.6 is 11.3 Å². The quantitative estimate of drug-likeness (QED) is 0.0672. The minimum Gasteiger partial charge on any atom is -0.484 e. The highest BCUT2D eigenvalue weighted by Gasteiger charge is 2.44. The molecule has 0 aliphatic carbocycles. The lowest BCUT2D eigenvalue weighted by Gasteiger charge is -2.36. The van der Waals surface area contributed by atoms with Crippen molar-refractivity contribution in [3.8, 4) is 39.3 Å². The van der Waals surface area contributed by atoms with Gasteiger partial charge in [-0.2, -0.15) is 13.9 Å². The number of halogens is 3. The molecule has 17 nitrogen and oxygen atoms in total. The fourth-order valence-corrected chi connectivity index (χ4v) is 10.7. The summed E-state index contributed by atoms with van der Waals surface area (Å²) in [5, 5.41) is 21.7. The number of β-amino-alcohol motifs (C(OH)–C–C–N with tert-alkyl or cyclic N) is 1. The molecular weight excluding hydrogens is 1010 g/mol. The Labute approximate surface area is 437 Å². The maximum Gasteiger partial charge on any atom is 0.355 e. The first kappa shape index (κ1) is 54.2. The number of likely N-dealkylation sites (tertiary alicyclic amines) is 2. The summed E-state index contributed by atoms with van der Waals surface area (Å²) in [6.07, 6.45) is 1.24. The van der Waals surface area contributed by atoms with E-state index in [-0.39, 0.29) is 61.0 Å². The van der Waals surface area contributed by atoms with Gasteiger partial charge in [0.05, 0.1) is 50.9 Å². The number of aliphatic hydroxyl groups is 1. The number of nitrogens with one attached hydrogen (secondary N) is 3. The highest BCUT2D eigenvalue weighted by atomic mass is 32.2. The number of aliphatic hydroxyl groups excluding tert-OH is 1. The van der Waals surface area contributed by atoms with Crippen LogP contribution in [0.4, 0.5) is 24.7 Å². The summed E-state index contributed by atoms with van der Waals surface area (Å²) in [5.74, 6) is 1.22. The fourth-order valence-electron chi connectivity index (χ4n) is 9.28. The number of piperidine rings is 1. The molecule has 22 heteroatoms. The van der Waals surface area contributed by atoms with Crippen LogP contribution in [0.5, 0.6) is 5.75 Å². The van der Waals surface area contributed by atoms with Crippen molar-refractivity contribution in [1.82, 2.24) is 40.2 Å². The maximum absolute atomic E-state index is 14.2. The van der Waals surface area contributed by atoms with Gasteiger partial charge in [0.25, 0.3) is 10.0 Å². The number of pyridine rings is 1. The van der Waals surface area contributed by atoms with E-state index in [2.05, 4.69) is 32.4 Å². The van der Waals surface area contributed by atoms with E-state index in [4.69, 9.17) is 15.6 Å². The fraction of sp³-hybridized carbons (Fsp3) is 0.396. The van der Waals surface area contributed by atoms with Gasteiger partial charge in [0.15, 0.2) is 0 Å². The van der Waals surface area contributed by atoms with Crippen molar-refractivity contribution in [2.24, 2.45) is 18.4 Å². The van der Waals surface area contributed by atoms with Crippen LogP contribution in [0.25, 0.3) is 32.6 Å². The summed E-state index contributed by atoms with van der Waals surface area (Å²) in [6, 6.07) is 15.6. The third-order valence-electron chi connectivity index (χ3n) is 13.4. The van der Waals surface area contributed by atoms with Crippen molar-refractivity contribution in [3.63, 3.8) is 0 Å². The summed E-state index contributed by atoms with van der Waals surface area (Å²) in [4.78, 5) is 54.7. The smallest absolute Gasteiger partial charge is 0.355 e. The minimum absolute atomic E-state index is 0.0329. The number of carbonyl (C=O) groups is 3. The number of ether oxygens (including phenoxy) is 1. The zero-order valence-electron chi connectivity index (χ0n) is 42.2. The van der Waals surface area contributed by atoms with Gasteiger partial charge >= 0.3 is 5.76 Å². The summed E-state index contributed by atoms with van der Waals surface area (Å²) < 4.78 is 74.8. The average molecular weight is 1070 g/mol. The van der Waals surface area contributed by atoms with Crippen LogP contribution < -0.4 is 25.8 Å². The Hall–Kier alpha value is -7.06. The number of benzene rings is 3. The summed E-state index contributed by atoms with van der Waals surface area (Å²) >= 11 is 1.56. The molecule has 0 bridgehead atoms. The molecule has 0 spiro atoms. The number of thiazole rings is 1. The molecule has 396 valence electrons. The number of aromatic nitrogens is 4. The van der Waals surface area contributed by atoms with Gasteiger partial charge < -0.3 is 31.1 Å². The lowest BCUT2D eigenvalue weighted by Crippen LogP contribution is -2.58. The highest BCUT2D eigenvalue weighted by molar-refractivity contribution is 7.93. The monoisotopic (exact) mass is 1070 g/mol. The standard InChI is InChI=1S/C53H59F3N10O7S2/c1-30-47(74-29-60-30)35-10-8-33(9-11-35)25-59-50(69)41-24-39(67)27-66(41)51(70)48(53(3,4)5)61-43(68)28-65-21-19-32(20-22-65)7-12-37-26-58-49(57)44-45(62-64(6)46(37)44)36-15-18-40(63-75(71,72)52(55)56)42(23-36)73-31(2)34-13-16-38(54)17-14-34/h8-11,13-18,23,26,29,31-32,39,41,48,52,63,67H,19-22,24-25,27-28H2,1-6H3,(H2,57,58)(H,59,69)(H,61,68)/t31-,39+,41-,48+/m0/s1. The Morgan fingerprint density at radius 1 is 1.01 bits per heavy atom. The van der Waals surface area contributed by atoms with E-state index >= 15 is 0 Å². The molecule has 0 radical (unpaired) electrons. The van der Waals surface area contributed by atoms with Gasteiger partial charge in [0.2, 0.25) is 17.7 Å². The first-order valence-electron chi connectivity index (χ1n) is 24.3. The number of hydrogen-bond acceptors (Lipinski definition) is 13. The zero-order chi connectivity index (χ0) is 53.9. The number of fused-ring (bicyclic) bond motifs is 1. The maximum atomic E-state index is 14.2. The van der Waals surface area contributed by atoms with Crippen LogP contribution in [-0.2, 0) is 38.0 Å². The Kier molecular flexibility index (Phi) is 16.2. The topological polar surface area (TPSA) is 227 Å².